The van der Waals surface area contributed by atoms with Crippen molar-refractivity contribution in [3.05, 3.63) is 64.7 Å². The van der Waals surface area contributed by atoms with Gasteiger partial charge >= 0.3 is 0 Å². The molecule has 20 heavy (non-hydrogen) atoms. The summed E-state index contributed by atoms with van der Waals surface area (Å²) in [5, 5.41) is 4.35. The van der Waals surface area contributed by atoms with Crippen LogP contribution in [0.1, 0.15) is 37.1 Å². The lowest BCUT2D eigenvalue weighted by molar-refractivity contribution is 0.396. The molecule has 1 N–H and O–H groups in total. The van der Waals surface area contributed by atoms with Crippen LogP contribution in [0.4, 0.5) is 0 Å². The van der Waals surface area contributed by atoms with Gasteiger partial charge in [-0.15, -0.1) is 0 Å². The zero-order chi connectivity index (χ0) is 14.5. The molecular formula is C17H20ClNO. The van der Waals surface area contributed by atoms with E-state index in [4.69, 9.17) is 16.3 Å². The lowest BCUT2D eigenvalue weighted by atomic mass is 10.0. The third-order valence-corrected chi connectivity index (χ3v) is 3.82. The second-order valence-electron chi connectivity index (χ2n) is 4.87. The van der Waals surface area contributed by atoms with Crippen molar-refractivity contribution in [2.75, 3.05) is 7.11 Å². The number of hydrogen-bond donors (Lipinski definition) is 1. The van der Waals surface area contributed by atoms with Gasteiger partial charge < -0.3 is 10.1 Å². The molecule has 0 amide bonds. The van der Waals surface area contributed by atoms with Crippen molar-refractivity contribution >= 4 is 11.6 Å². The molecule has 0 heterocycles. The Labute approximate surface area is 125 Å². The molecule has 2 aromatic rings. The molecule has 0 radical (unpaired) electrons. The molecule has 0 aromatic heterocycles. The van der Waals surface area contributed by atoms with Gasteiger partial charge in [0, 0.05) is 22.7 Å². The molecule has 0 aliphatic heterocycles. The number of para-hydroxylation sites is 1. The molecule has 3 heteroatoms. The van der Waals surface area contributed by atoms with Gasteiger partial charge in [0.1, 0.15) is 5.75 Å². The third-order valence-electron chi connectivity index (χ3n) is 3.48. The fraction of sp³-hybridized carbons (Fsp3) is 0.294. The molecule has 0 saturated carbocycles. The van der Waals surface area contributed by atoms with Gasteiger partial charge in [0.05, 0.1) is 7.11 Å². The van der Waals surface area contributed by atoms with Gasteiger partial charge in [0.15, 0.2) is 0 Å². The molecule has 0 spiro atoms. The maximum atomic E-state index is 6.24. The maximum absolute atomic E-state index is 6.24. The van der Waals surface area contributed by atoms with Crippen LogP contribution in [0.2, 0.25) is 5.02 Å². The first-order chi connectivity index (χ1) is 9.63. The summed E-state index contributed by atoms with van der Waals surface area (Å²) in [5.41, 5.74) is 2.25. The highest BCUT2D eigenvalue weighted by atomic mass is 35.5. The molecule has 0 aliphatic carbocycles. The Hall–Kier alpha value is -1.51. The van der Waals surface area contributed by atoms with E-state index in [9.17, 15) is 0 Å². The van der Waals surface area contributed by atoms with Gasteiger partial charge in [-0.3, -0.25) is 0 Å². The van der Waals surface area contributed by atoms with Crippen molar-refractivity contribution in [2.45, 2.75) is 25.9 Å². The zero-order valence-electron chi connectivity index (χ0n) is 12.1. The van der Waals surface area contributed by atoms with Crippen LogP contribution < -0.4 is 10.1 Å². The highest BCUT2D eigenvalue weighted by Crippen LogP contribution is 2.28. The Kier molecular flexibility index (Phi) is 5.05. The van der Waals surface area contributed by atoms with Crippen molar-refractivity contribution in [1.82, 2.24) is 5.32 Å². The first-order valence-electron chi connectivity index (χ1n) is 6.77. The Balaban J connectivity index is 2.15. The zero-order valence-corrected chi connectivity index (χ0v) is 12.8. The molecule has 2 rings (SSSR count). The quantitative estimate of drug-likeness (QED) is 0.857. The van der Waals surface area contributed by atoms with Crippen LogP contribution in [0, 0.1) is 0 Å². The smallest absolute Gasteiger partial charge is 0.123 e. The minimum Gasteiger partial charge on any atom is -0.496 e. The van der Waals surface area contributed by atoms with Crippen LogP contribution in [0.3, 0.4) is 0 Å². The first-order valence-corrected chi connectivity index (χ1v) is 7.14. The number of ether oxygens (including phenoxy) is 1. The van der Waals surface area contributed by atoms with E-state index >= 15 is 0 Å². The molecule has 2 unspecified atom stereocenters. The molecule has 0 fully saturated rings. The molecule has 0 bridgehead atoms. The van der Waals surface area contributed by atoms with Crippen LogP contribution in [0.5, 0.6) is 5.75 Å². The van der Waals surface area contributed by atoms with Crippen LogP contribution in [-0.4, -0.2) is 7.11 Å². The molecule has 0 aliphatic rings. The second kappa shape index (κ2) is 6.78. The number of nitrogens with one attached hydrogen (secondary N) is 1. The monoisotopic (exact) mass is 289 g/mol. The predicted molar refractivity (Wildman–Crippen MR) is 84.4 cm³/mol. The minimum atomic E-state index is 0.170. The number of hydrogen-bond acceptors (Lipinski definition) is 2. The van der Waals surface area contributed by atoms with Crippen molar-refractivity contribution in [3.63, 3.8) is 0 Å². The second-order valence-corrected chi connectivity index (χ2v) is 5.28. The molecular weight excluding hydrogens is 270 g/mol. The van der Waals surface area contributed by atoms with Crippen molar-refractivity contribution in [3.8, 4) is 5.75 Å². The lowest BCUT2D eigenvalue weighted by Gasteiger charge is -2.23. The summed E-state index contributed by atoms with van der Waals surface area (Å²) in [6, 6.07) is 16.3. The normalized spacial score (nSPS) is 13.8. The largest absolute Gasteiger partial charge is 0.496 e. The van der Waals surface area contributed by atoms with E-state index in [0.29, 0.717) is 0 Å². The summed E-state index contributed by atoms with van der Waals surface area (Å²) >= 11 is 6.24. The molecule has 2 nitrogen and oxygen atoms in total. The van der Waals surface area contributed by atoms with Crippen LogP contribution in [-0.2, 0) is 0 Å². The van der Waals surface area contributed by atoms with Crippen molar-refractivity contribution < 1.29 is 4.74 Å². The molecule has 2 aromatic carbocycles. The van der Waals surface area contributed by atoms with Gasteiger partial charge in [-0.1, -0.05) is 48.0 Å². The first kappa shape index (κ1) is 14.9. The van der Waals surface area contributed by atoms with E-state index in [-0.39, 0.29) is 12.1 Å². The minimum absolute atomic E-state index is 0.170. The molecule has 0 saturated heterocycles. The van der Waals surface area contributed by atoms with E-state index in [1.54, 1.807) is 7.11 Å². The fourth-order valence-electron chi connectivity index (χ4n) is 2.40. The number of methoxy groups -OCH3 is 1. The summed E-state index contributed by atoms with van der Waals surface area (Å²) in [5.74, 6) is 0.902. The Morgan fingerprint density at radius 3 is 2.10 bits per heavy atom. The Morgan fingerprint density at radius 2 is 1.45 bits per heavy atom. The fourth-order valence-corrected chi connectivity index (χ4v) is 2.70. The topological polar surface area (TPSA) is 21.3 Å². The van der Waals surface area contributed by atoms with Crippen LogP contribution in [0.15, 0.2) is 48.5 Å². The average molecular weight is 290 g/mol. The number of halogens is 1. The van der Waals surface area contributed by atoms with E-state index in [0.717, 1.165) is 21.9 Å². The number of rotatable bonds is 5. The van der Waals surface area contributed by atoms with Gasteiger partial charge in [0.2, 0.25) is 0 Å². The third kappa shape index (κ3) is 3.33. The molecule has 106 valence electrons. The van der Waals surface area contributed by atoms with Crippen LogP contribution >= 0.6 is 11.6 Å². The van der Waals surface area contributed by atoms with Gasteiger partial charge in [-0.25, -0.2) is 0 Å². The Bertz CT molecular complexity index is 570. The summed E-state index contributed by atoms with van der Waals surface area (Å²) in [6.45, 7) is 4.25. The van der Waals surface area contributed by atoms with E-state index < -0.39 is 0 Å². The van der Waals surface area contributed by atoms with Gasteiger partial charge in [-0.05, 0) is 31.5 Å². The SMILES string of the molecule is COc1ccccc1C(C)NC(C)c1ccccc1Cl. The summed E-state index contributed by atoms with van der Waals surface area (Å²) in [4.78, 5) is 0. The van der Waals surface area contributed by atoms with Crippen molar-refractivity contribution in [2.24, 2.45) is 0 Å². The van der Waals surface area contributed by atoms with E-state index in [1.165, 1.54) is 0 Å². The average Bonchev–Trinajstić information content (AvgIpc) is 2.47. The highest BCUT2D eigenvalue weighted by molar-refractivity contribution is 6.31. The Morgan fingerprint density at radius 1 is 0.900 bits per heavy atom. The standard InChI is InChI=1S/C17H20ClNO/c1-12(14-8-4-6-10-16(14)18)19-13(2)15-9-5-7-11-17(15)20-3/h4-13,19H,1-3H3. The van der Waals surface area contributed by atoms with Crippen molar-refractivity contribution in [1.29, 1.82) is 0 Å². The predicted octanol–water partition coefficient (Wildman–Crippen LogP) is 4.76. The summed E-state index contributed by atoms with van der Waals surface area (Å²) < 4.78 is 5.41. The highest BCUT2D eigenvalue weighted by Gasteiger charge is 2.15. The van der Waals surface area contributed by atoms with Gasteiger partial charge in [-0.2, -0.15) is 0 Å². The van der Waals surface area contributed by atoms with Gasteiger partial charge in [0.25, 0.3) is 0 Å². The molecule has 2 atom stereocenters. The van der Waals surface area contributed by atoms with Crippen LogP contribution in [0.25, 0.3) is 0 Å². The number of benzene rings is 2. The summed E-state index contributed by atoms with van der Waals surface area (Å²) in [6.07, 6.45) is 0. The maximum Gasteiger partial charge on any atom is 0.123 e. The summed E-state index contributed by atoms with van der Waals surface area (Å²) in [7, 11) is 1.70. The van der Waals surface area contributed by atoms with E-state index in [2.05, 4.69) is 31.3 Å². The van der Waals surface area contributed by atoms with E-state index in [1.807, 2.05) is 36.4 Å². The lowest BCUT2D eigenvalue weighted by Crippen LogP contribution is -2.23.